The normalized spacial score (nSPS) is 11.2. The number of hydrogen-bond acceptors (Lipinski definition) is 3. The third-order valence-corrected chi connectivity index (χ3v) is 3.71. The Morgan fingerprint density at radius 2 is 1.87 bits per heavy atom. The molecule has 0 radical (unpaired) electrons. The molecule has 0 aliphatic carbocycles. The number of amides is 1. The summed E-state index contributed by atoms with van der Waals surface area (Å²) in [6.07, 6.45) is 3.37. The van der Waals surface area contributed by atoms with Crippen molar-refractivity contribution in [2.24, 2.45) is 5.10 Å². The maximum absolute atomic E-state index is 12.1. The third-order valence-electron chi connectivity index (χ3n) is 3.71. The molecular weight excluding hydrogens is 288 g/mol. The average Bonchev–Trinajstić information content (AvgIpc) is 2.93. The van der Waals surface area contributed by atoms with Gasteiger partial charge in [-0.05, 0) is 31.4 Å². The summed E-state index contributed by atoms with van der Waals surface area (Å²) in [7, 11) is 0. The molecule has 0 atom stereocenters. The van der Waals surface area contributed by atoms with Crippen molar-refractivity contribution in [2.45, 2.75) is 19.8 Å². The monoisotopic (exact) mass is 306 g/mol. The van der Waals surface area contributed by atoms with Crippen molar-refractivity contribution in [3.63, 3.8) is 0 Å². The van der Waals surface area contributed by atoms with Crippen LogP contribution in [-0.2, 0) is 6.42 Å². The summed E-state index contributed by atoms with van der Waals surface area (Å²) < 4.78 is 5.60. The summed E-state index contributed by atoms with van der Waals surface area (Å²) in [6.45, 7) is 1.87. The second kappa shape index (κ2) is 6.92. The van der Waals surface area contributed by atoms with Crippen molar-refractivity contribution in [2.75, 3.05) is 0 Å². The van der Waals surface area contributed by atoms with Crippen LogP contribution < -0.4 is 5.43 Å². The Morgan fingerprint density at radius 1 is 1.13 bits per heavy atom. The number of benzene rings is 2. The highest BCUT2D eigenvalue weighted by Gasteiger charge is 2.16. The molecular formula is C19H18N2O2. The number of carbonyl (C=O) groups excluding carboxylic acids is 1. The van der Waals surface area contributed by atoms with Gasteiger partial charge in [0.05, 0.1) is 0 Å². The van der Waals surface area contributed by atoms with Gasteiger partial charge in [-0.25, -0.2) is 5.43 Å². The van der Waals surface area contributed by atoms with E-state index in [2.05, 4.69) is 22.7 Å². The molecule has 0 spiro atoms. The van der Waals surface area contributed by atoms with E-state index in [0.29, 0.717) is 11.3 Å². The van der Waals surface area contributed by atoms with Crippen molar-refractivity contribution in [1.82, 2.24) is 5.43 Å². The van der Waals surface area contributed by atoms with Gasteiger partial charge >= 0.3 is 5.91 Å². The van der Waals surface area contributed by atoms with Crippen LogP contribution in [0, 0.1) is 6.92 Å². The van der Waals surface area contributed by atoms with E-state index in [1.165, 1.54) is 5.56 Å². The van der Waals surface area contributed by atoms with E-state index < -0.39 is 0 Å². The van der Waals surface area contributed by atoms with Crippen LogP contribution in [0.4, 0.5) is 0 Å². The minimum atomic E-state index is -0.324. The van der Waals surface area contributed by atoms with Gasteiger partial charge in [0.25, 0.3) is 0 Å². The lowest BCUT2D eigenvalue weighted by Gasteiger charge is -1.98. The first-order valence-corrected chi connectivity index (χ1v) is 7.59. The van der Waals surface area contributed by atoms with Crippen molar-refractivity contribution in [1.29, 1.82) is 0 Å². The summed E-state index contributed by atoms with van der Waals surface area (Å²) >= 11 is 0. The highest BCUT2D eigenvalue weighted by molar-refractivity contribution is 5.98. The zero-order chi connectivity index (χ0) is 16.1. The summed E-state index contributed by atoms with van der Waals surface area (Å²) in [6, 6.07) is 17.8. The van der Waals surface area contributed by atoms with E-state index in [1.54, 1.807) is 6.21 Å². The molecule has 0 unspecified atom stereocenters. The number of nitrogens with zero attached hydrogens (tertiary/aromatic N) is 1. The summed E-state index contributed by atoms with van der Waals surface area (Å²) in [4.78, 5) is 12.1. The molecule has 0 aliphatic rings. The van der Waals surface area contributed by atoms with Gasteiger partial charge in [-0.1, -0.05) is 48.5 Å². The Kier molecular flexibility index (Phi) is 4.52. The fourth-order valence-electron chi connectivity index (χ4n) is 2.49. The fourth-order valence-corrected chi connectivity index (χ4v) is 2.49. The van der Waals surface area contributed by atoms with Gasteiger partial charge in [-0.2, -0.15) is 5.10 Å². The molecule has 0 fully saturated rings. The number of aryl methyl sites for hydroxylation is 2. The van der Waals surface area contributed by atoms with Crippen LogP contribution in [0.2, 0.25) is 0 Å². The van der Waals surface area contributed by atoms with Gasteiger partial charge in [-0.3, -0.25) is 4.79 Å². The molecule has 0 aliphatic heterocycles. The maximum Gasteiger partial charge on any atom is 0.307 e. The standard InChI is InChI=1S/C19H18N2O2/c1-14-16-11-5-6-12-17(16)23-18(14)19(22)21-20-13-7-10-15-8-3-2-4-9-15/h2-6,8-9,11-13H,7,10H2,1H3,(H,21,22)/b20-13-. The SMILES string of the molecule is Cc1c(C(=O)N/N=C\CCc2ccccc2)oc2ccccc12. The topological polar surface area (TPSA) is 54.6 Å². The quantitative estimate of drug-likeness (QED) is 0.570. The molecule has 0 bridgehead atoms. The second-order valence-corrected chi connectivity index (χ2v) is 5.33. The van der Waals surface area contributed by atoms with E-state index >= 15 is 0 Å². The third kappa shape index (κ3) is 3.48. The highest BCUT2D eigenvalue weighted by Crippen LogP contribution is 2.24. The molecule has 23 heavy (non-hydrogen) atoms. The zero-order valence-electron chi connectivity index (χ0n) is 13.0. The number of hydrazone groups is 1. The number of carbonyl (C=O) groups is 1. The van der Waals surface area contributed by atoms with Crippen LogP contribution in [0.15, 0.2) is 64.1 Å². The van der Waals surface area contributed by atoms with E-state index in [1.807, 2.05) is 49.4 Å². The molecule has 0 saturated carbocycles. The van der Waals surface area contributed by atoms with E-state index in [0.717, 1.165) is 23.8 Å². The molecule has 4 nitrogen and oxygen atoms in total. The molecule has 4 heteroatoms. The Labute approximate surface area is 134 Å². The first kappa shape index (κ1) is 15.0. The summed E-state index contributed by atoms with van der Waals surface area (Å²) in [5, 5.41) is 4.94. The van der Waals surface area contributed by atoms with Gasteiger partial charge in [0, 0.05) is 17.2 Å². The Balaban J connectivity index is 1.58. The van der Waals surface area contributed by atoms with Gasteiger partial charge < -0.3 is 4.42 Å². The largest absolute Gasteiger partial charge is 0.451 e. The fraction of sp³-hybridized carbons (Fsp3) is 0.158. The molecule has 1 aromatic heterocycles. The highest BCUT2D eigenvalue weighted by atomic mass is 16.3. The lowest BCUT2D eigenvalue weighted by atomic mass is 10.1. The van der Waals surface area contributed by atoms with Gasteiger partial charge in [0.1, 0.15) is 5.58 Å². The molecule has 3 rings (SSSR count). The van der Waals surface area contributed by atoms with Crippen molar-refractivity contribution in [3.05, 3.63) is 71.5 Å². The van der Waals surface area contributed by atoms with E-state index in [4.69, 9.17) is 4.42 Å². The Hall–Kier alpha value is -2.88. The molecule has 1 amide bonds. The van der Waals surface area contributed by atoms with Crippen LogP contribution in [0.1, 0.15) is 28.1 Å². The molecule has 1 heterocycles. The predicted molar refractivity (Wildman–Crippen MR) is 91.7 cm³/mol. The molecule has 1 N–H and O–H groups in total. The maximum atomic E-state index is 12.1. The number of rotatable bonds is 5. The number of furan rings is 1. The first-order chi connectivity index (χ1) is 11.3. The summed E-state index contributed by atoms with van der Waals surface area (Å²) in [5.41, 5.74) is 5.31. The zero-order valence-corrected chi connectivity index (χ0v) is 13.0. The van der Waals surface area contributed by atoms with Crippen LogP contribution in [0.3, 0.4) is 0 Å². The number of fused-ring (bicyclic) bond motifs is 1. The number of hydrogen-bond donors (Lipinski definition) is 1. The van der Waals surface area contributed by atoms with Crippen molar-refractivity contribution in [3.8, 4) is 0 Å². The van der Waals surface area contributed by atoms with Crippen LogP contribution in [0.25, 0.3) is 11.0 Å². The van der Waals surface area contributed by atoms with Crippen LogP contribution >= 0.6 is 0 Å². The minimum Gasteiger partial charge on any atom is -0.451 e. The van der Waals surface area contributed by atoms with Crippen molar-refractivity contribution < 1.29 is 9.21 Å². The average molecular weight is 306 g/mol. The molecule has 2 aromatic carbocycles. The first-order valence-electron chi connectivity index (χ1n) is 7.59. The number of para-hydroxylation sites is 1. The Bertz CT molecular complexity index is 835. The minimum absolute atomic E-state index is 0.311. The van der Waals surface area contributed by atoms with E-state index in [-0.39, 0.29) is 5.91 Å². The smallest absolute Gasteiger partial charge is 0.307 e. The van der Waals surface area contributed by atoms with Crippen LogP contribution in [-0.4, -0.2) is 12.1 Å². The van der Waals surface area contributed by atoms with Gasteiger partial charge in [-0.15, -0.1) is 0 Å². The Morgan fingerprint density at radius 3 is 2.65 bits per heavy atom. The van der Waals surface area contributed by atoms with Gasteiger partial charge in [0.15, 0.2) is 5.76 Å². The molecule has 3 aromatic rings. The number of nitrogens with one attached hydrogen (secondary N) is 1. The predicted octanol–water partition coefficient (Wildman–Crippen LogP) is 4.09. The molecule has 116 valence electrons. The second-order valence-electron chi connectivity index (χ2n) is 5.33. The lowest BCUT2D eigenvalue weighted by Crippen LogP contribution is -2.17. The van der Waals surface area contributed by atoms with Crippen LogP contribution in [0.5, 0.6) is 0 Å². The summed E-state index contributed by atoms with van der Waals surface area (Å²) in [5.74, 6) is -0.0129. The van der Waals surface area contributed by atoms with Gasteiger partial charge in [0.2, 0.25) is 0 Å². The van der Waals surface area contributed by atoms with Crippen molar-refractivity contribution >= 4 is 23.1 Å². The van der Waals surface area contributed by atoms with E-state index in [9.17, 15) is 4.79 Å². The lowest BCUT2D eigenvalue weighted by molar-refractivity contribution is 0.0928. The molecule has 0 saturated heterocycles.